The molecule has 1 N–H and O–H groups in total. The number of unbranched alkanes of at least 4 members (excludes halogenated alkanes) is 3. The van der Waals surface area contributed by atoms with Gasteiger partial charge in [0.2, 0.25) is 0 Å². The fourth-order valence-corrected chi connectivity index (χ4v) is 2.63. The Morgan fingerprint density at radius 3 is 2.54 bits per heavy atom. The van der Waals surface area contributed by atoms with Crippen LogP contribution in [-0.2, 0) is 4.79 Å². The van der Waals surface area contributed by atoms with Gasteiger partial charge in [-0.15, -0.1) is 0 Å². The van der Waals surface area contributed by atoms with Crippen LogP contribution in [0.3, 0.4) is 0 Å². The highest BCUT2D eigenvalue weighted by molar-refractivity contribution is 6.10. The molecule has 0 saturated heterocycles. The molecule has 0 heterocycles. The van der Waals surface area contributed by atoms with Gasteiger partial charge in [0.25, 0.3) is 5.91 Å². The first-order valence-corrected chi connectivity index (χ1v) is 9.47. The number of rotatable bonds is 10. The van der Waals surface area contributed by atoms with Gasteiger partial charge in [-0.3, -0.25) is 4.79 Å². The summed E-state index contributed by atoms with van der Waals surface area (Å²) in [4.78, 5) is 12.4. The van der Waals surface area contributed by atoms with Crippen LogP contribution in [0.5, 0.6) is 11.5 Å². The van der Waals surface area contributed by atoms with E-state index in [4.69, 9.17) is 9.47 Å². The van der Waals surface area contributed by atoms with E-state index in [1.54, 1.807) is 24.3 Å². The van der Waals surface area contributed by atoms with Gasteiger partial charge in [0, 0.05) is 0 Å². The average Bonchev–Trinajstić information content (AvgIpc) is 2.73. The maximum Gasteiger partial charge on any atom is 0.266 e. The number of hydrogen-bond donors (Lipinski definition) is 1. The third-order valence-corrected chi connectivity index (χ3v) is 4.18. The lowest BCUT2D eigenvalue weighted by molar-refractivity contribution is -0.112. The molecule has 0 saturated carbocycles. The van der Waals surface area contributed by atoms with Crippen molar-refractivity contribution in [2.24, 2.45) is 0 Å². The summed E-state index contributed by atoms with van der Waals surface area (Å²) in [5, 5.41) is 12.1. The Labute approximate surface area is 166 Å². The Morgan fingerprint density at radius 1 is 1.11 bits per heavy atom. The predicted octanol–water partition coefficient (Wildman–Crippen LogP) is 5.20. The first-order chi connectivity index (χ1) is 13.7. The van der Waals surface area contributed by atoms with Crippen molar-refractivity contribution in [2.45, 2.75) is 32.6 Å². The van der Waals surface area contributed by atoms with Crippen LogP contribution in [0.15, 0.2) is 54.1 Å². The summed E-state index contributed by atoms with van der Waals surface area (Å²) < 4.78 is 10.9. The minimum Gasteiger partial charge on any atom is -0.495 e. The number of ether oxygens (including phenoxy) is 2. The lowest BCUT2D eigenvalue weighted by atomic mass is 10.1. The molecule has 5 heteroatoms. The molecule has 2 aromatic carbocycles. The number of anilines is 1. The summed E-state index contributed by atoms with van der Waals surface area (Å²) in [6, 6.07) is 16.4. The van der Waals surface area contributed by atoms with E-state index < -0.39 is 5.91 Å². The molecule has 5 nitrogen and oxygen atoms in total. The fraction of sp³-hybridized carbons (Fsp3) is 0.304. The van der Waals surface area contributed by atoms with Crippen molar-refractivity contribution in [3.05, 3.63) is 59.7 Å². The van der Waals surface area contributed by atoms with Crippen LogP contribution in [0.2, 0.25) is 0 Å². The lowest BCUT2D eigenvalue weighted by Crippen LogP contribution is -2.14. The summed E-state index contributed by atoms with van der Waals surface area (Å²) in [7, 11) is 1.53. The number of nitriles is 1. The van der Waals surface area contributed by atoms with E-state index in [0.717, 1.165) is 17.7 Å². The van der Waals surface area contributed by atoms with E-state index in [1.165, 1.54) is 26.4 Å². The number of nitrogens with one attached hydrogen (secondary N) is 1. The van der Waals surface area contributed by atoms with Crippen molar-refractivity contribution in [1.29, 1.82) is 5.26 Å². The van der Waals surface area contributed by atoms with Crippen LogP contribution in [0.25, 0.3) is 6.08 Å². The Hall–Kier alpha value is -3.26. The molecule has 0 atom stereocenters. The molecule has 0 radical (unpaired) electrons. The quantitative estimate of drug-likeness (QED) is 0.350. The molecule has 0 aliphatic heterocycles. The van der Waals surface area contributed by atoms with Crippen molar-refractivity contribution >= 4 is 17.7 Å². The van der Waals surface area contributed by atoms with Crippen molar-refractivity contribution in [2.75, 3.05) is 19.0 Å². The van der Waals surface area contributed by atoms with Gasteiger partial charge in [0.05, 0.1) is 19.4 Å². The number of para-hydroxylation sites is 2. The van der Waals surface area contributed by atoms with E-state index in [2.05, 4.69) is 12.2 Å². The van der Waals surface area contributed by atoms with E-state index in [-0.39, 0.29) is 5.57 Å². The summed E-state index contributed by atoms with van der Waals surface area (Å²) in [6.07, 6.45) is 6.19. The third-order valence-electron chi connectivity index (χ3n) is 4.18. The minimum atomic E-state index is -0.483. The minimum absolute atomic E-state index is 0.0131. The van der Waals surface area contributed by atoms with Gasteiger partial charge in [0.1, 0.15) is 23.1 Å². The van der Waals surface area contributed by atoms with Crippen molar-refractivity contribution < 1.29 is 14.3 Å². The first-order valence-electron chi connectivity index (χ1n) is 9.47. The number of methoxy groups -OCH3 is 1. The van der Waals surface area contributed by atoms with E-state index in [9.17, 15) is 10.1 Å². The molecule has 0 aliphatic rings. The number of benzene rings is 2. The molecule has 146 valence electrons. The smallest absolute Gasteiger partial charge is 0.266 e. The van der Waals surface area contributed by atoms with Crippen LogP contribution in [0, 0.1) is 11.3 Å². The van der Waals surface area contributed by atoms with E-state index in [0.29, 0.717) is 18.0 Å². The zero-order chi connectivity index (χ0) is 20.2. The van der Waals surface area contributed by atoms with Gasteiger partial charge in [-0.2, -0.15) is 5.26 Å². The molecule has 2 rings (SSSR count). The monoisotopic (exact) mass is 378 g/mol. The highest BCUT2D eigenvalue weighted by atomic mass is 16.5. The molecule has 0 spiro atoms. The second-order valence-electron chi connectivity index (χ2n) is 6.30. The second-order valence-corrected chi connectivity index (χ2v) is 6.30. The van der Waals surface area contributed by atoms with Gasteiger partial charge >= 0.3 is 0 Å². The Morgan fingerprint density at radius 2 is 1.86 bits per heavy atom. The average molecular weight is 378 g/mol. The van der Waals surface area contributed by atoms with Crippen LogP contribution < -0.4 is 14.8 Å². The Balaban J connectivity index is 1.99. The molecular weight excluding hydrogens is 352 g/mol. The van der Waals surface area contributed by atoms with Gasteiger partial charge in [-0.05, 0) is 42.3 Å². The van der Waals surface area contributed by atoms with Gasteiger partial charge < -0.3 is 14.8 Å². The van der Waals surface area contributed by atoms with Gasteiger partial charge in [-0.25, -0.2) is 0 Å². The second kappa shape index (κ2) is 11.5. The molecule has 0 unspecified atom stereocenters. The SMILES string of the molecule is CCCCCCOc1ccc(/C=C(\C#N)C(=O)Nc2ccccc2OC)cc1. The maximum atomic E-state index is 12.4. The normalized spacial score (nSPS) is 10.8. The molecule has 0 bridgehead atoms. The molecule has 28 heavy (non-hydrogen) atoms. The van der Waals surface area contributed by atoms with Crippen molar-refractivity contribution in [1.82, 2.24) is 0 Å². The lowest BCUT2D eigenvalue weighted by Gasteiger charge is -2.09. The van der Waals surface area contributed by atoms with Crippen LogP contribution in [0.4, 0.5) is 5.69 Å². The topological polar surface area (TPSA) is 71.3 Å². The van der Waals surface area contributed by atoms with Crippen molar-refractivity contribution in [3.8, 4) is 17.6 Å². The summed E-state index contributed by atoms with van der Waals surface area (Å²) in [6.45, 7) is 2.87. The highest BCUT2D eigenvalue weighted by Crippen LogP contribution is 2.24. The van der Waals surface area contributed by atoms with Crippen LogP contribution in [0.1, 0.15) is 38.2 Å². The fourth-order valence-electron chi connectivity index (χ4n) is 2.63. The van der Waals surface area contributed by atoms with Gasteiger partial charge in [-0.1, -0.05) is 50.5 Å². The summed E-state index contributed by atoms with van der Waals surface area (Å²) >= 11 is 0. The van der Waals surface area contributed by atoms with E-state index in [1.807, 2.05) is 36.4 Å². The number of hydrogen-bond acceptors (Lipinski definition) is 4. The number of amides is 1. The summed E-state index contributed by atoms with van der Waals surface area (Å²) in [5.74, 6) is 0.836. The van der Waals surface area contributed by atoms with E-state index >= 15 is 0 Å². The van der Waals surface area contributed by atoms with Crippen LogP contribution in [-0.4, -0.2) is 19.6 Å². The standard InChI is InChI=1S/C23H26N2O3/c1-3-4-5-8-15-28-20-13-11-18(12-14-20)16-19(17-24)23(26)25-21-9-6-7-10-22(21)27-2/h6-7,9-14,16H,3-5,8,15H2,1-2H3,(H,25,26)/b19-16+. The zero-order valence-corrected chi connectivity index (χ0v) is 16.4. The highest BCUT2D eigenvalue weighted by Gasteiger charge is 2.12. The Bertz CT molecular complexity index is 836. The summed E-state index contributed by atoms with van der Waals surface area (Å²) in [5.41, 5.74) is 1.28. The molecule has 1 amide bonds. The number of carbonyl (C=O) groups is 1. The third kappa shape index (κ3) is 6.48. The molecule has 2 aromatic rings. The molecule has 0 aromatic heterocycles. The molecule has 0 aliphatic carbocycles. The first kappa shape index (κ1) is 21.0. The molecular formula is C23H26N2O3. The number of carbonyl (C=O) groups excluding carboxylic acids is 1. The van der Waals surface area contributed by atoms with Crippen molar-refractivity contribution in [3.63, 3.8) is 0 Å². The maximum absolute atomic E-state index is 12.4. The molecule has 0 fully saturated rings. The largest absolute Gasteiger partial charge is 0.495 e. The zero-order valence-electron chi connectivity index (χ0n) is 16.4. The van der Waals surface area contributed by atoms with Crippen LogP contribution >= 0.6 is 0 Å². The number of nitrogens with zero attached hydrogens (tertiary/aromatic N) is 1. The van der Waals surface area contributed by atoms with Gasteiger partial charge in [0.15, 0.2) is 0 Å². The Kier molecular flexibility index (Phi) is 8.61. The predicted molar refractivity (Wildman–Crippen MR) is 111 cm³/mol.